The minimum atomic E-state index is -4.43. The molecule has 3 aromatic rings. The molecule has 2 amide bonds. The Morgan fingerprint density at radius 3 is 2.53 bits per heavy atom. The number of urea groups is 1. The highest BCUT2D eigenvalue weighted by molar-refractivity contribution is 6.05. The second kappa shape index (κ2) is 8.64. The number of hydrogen-bond donors (Lipinski definition) is 3. The number of nitrogens with zero attached hydrogens (tertiary/aromatic N) is 2. The normalized spacial score (nSPS) is 12.3. The van der Waals surface area contributed by atoms with E-state index in [1.54, 1.807) is 24.4 Å². The number of carbonyl (C=O) groups is 1. The van der Waals surface area contributed by atoms with Gasteiger partial charge in [-0.2, -0.15) is 13.2 Å². The lowest BCUT2D eigenvalue weighted by Gasteiger charge is -2.09. The summed E-state index contributed by atoms with van der Waals surface area (Å²) in [6.07, 6.45) is 2.60. The molecule has 9 heteroatoms. The molecule has 0 fully saturated rings. The molecule has 2 heterocycles. The van der Waals surface area contributed by atoms with Gasteiger partial charge in [-0.05, 0) is 56.1 Å². The van der Waals surface area contributed by atoms with Gasteiger partial charge in [0.25, 0.3) is 0 Å². The Balaban J connectivity index is 1.74. The van der Waals surface area contributed by atoms with Crippen molar-refractivity contribution in [2.24, 2.45) is 4.99 Å². The van der Waals surface area contributed by atoms with Crippen LogP contribution in [-0.2, 0) is 6.18 Å². The van der Waals surface area contributed by atoms with Crippen molar-refractivity contribution >= 4 is 40.9 Å². The third-order valence-corrected chi connectivity index (χ3v) is 4.14. The van der Waals surface area contributed by atoms with E-state index in [1.165, 1.54) is 12.1 Å². The molecule has 0 aliphatic heterocycles. The molecule has 0 unspecified atom stereocenters. The number of benzene rings is 1. The van der Waals surface area contributed by atoms with Crippen LogP contribution < -0.4 is 10.6 Å². The molecular weight excluding hydrogens is 395 g/mol. The van der Waals surface area contributed by atoms with Gasteiger partial charge in [0.2, 0.25) is 0 Å². The smallest absolute Gasteiger partial charge is 0.344 e. The Morgan fingerprint density at radius 1 is 1.17 bits per heavy atom. The summed E-state index contributed by atoms with van der Waals surface area (Å²) in [6.45, 7) is 5.43. The number of rotatable bonds is 5. The number of carbonyl (C=O) groups excluding carboxylic acids is 1. The number of H-pyrrole nitrogens is 1. The van der Waals surface area contributed by atoms with Crippen molar-refractivity contribution in [2.75, 3.05) is 10.6 Å². The molecule has 0 radical (unpaired) electrons. The van der Waals surface area contributed by atoms with Gasteiger partial charge in [0.05, 0.1) is 22.6 Å². The van der Waals surface area contributed by atoms with E-state index in [2.05, 4.69) is 32.3 Å². The number of halogens is 3. The second-order valence-electron chi connectivity index (χ2n) is 6.19. The van der Waals surface area contributed by atoms with Crippen LogP contribution in [0.3, 0.4) is 0 Å². The fourth-order valence-corrected chi connectivity index (χ4v) is 2.68. The molecule has 1 aromatic carbocycles. The predicted octanol–water partition coefficient (Wildman–Crippen LogP) is 5.84. The molecule has 0 saturated carbocycles. The zero-order valence-corrected chi connectivity index (χ0v) is 15.9. The van der Waals surface area contributed by atoms with E-state index in [-0.39, 0.29) is 5.69 Å². The number of pyridine rings is 1. The number of alkyl halides is 3. The van der Waals surface area contributed by atoms with Crippen LogP contribution in [0, 0.1) is 0 Å². The monoisotopic (exact) mass is 413 g/mol. The first-order valence-electron chi connectivity index (χ1n) is 8.85. The number of amides is 2. The van der Waals surface area contributed by atoms with Gasteiger partial charge < -0.3 is 15.6 Å². The van der Waals surface area contributed by atoms with Crippen LogP contribution >= 0.6 is 0 Å². The van der Waals surface area contributed by atoms with Crippen molar-refractivity contribution in [3.05, 3.63) is 72.1 Å². The maximum Gasteiger partial charge on any atom is 0.416 e. The molecule has 2 aromatic heterocycles. The summed E-state index contributed by atoms with van der Waals surface area (Å²) in [5, 5.41) is 5.81. The van der Waals surface area contributed by atoms with Crippen LogP contribution in [0.2, 0.25) is 0 Å². The SMILES string of the molecule is C=N/C(=C\C=C/C)c1ccc2c(NC(=O)Nc3ccc(C(F)(F)F)cc3)c[nH]c2n1. The lowest BCUT2D eigenvalue weighted by Crippen LogP contribution is -2.19. The van der Waals surface area contributed by atoms with Gasteiger partial charge in [0.1, 0.15) is 5.65 Å². The molecule has 0 atom stereocenters. The van der Waals surface area contributed by atoms with Crippen molar-refractivity contribution in [2.45, 2.75) is 13.1 Å². The van der Waals surface area contributed by atoms with Crippen LogP contribution in [-0.4, -0.2) is 22.7 Å². The summed E-state index contributed by atoms with van der Waals surface area (Å²) < 4.78 is 37.9. The van der Waals surface area contributed by atoms with Gasteiger partial charge in [0.15, 0.2) is 0 Å². The number of anilines is 2. The highest BCUT2D eigenvalue weighted by Crippen LogP contribution is 2.30. The Labute approximate surface area is 170 Å². The highest BCUT2D eigenvalue weighted by Gasteiger charge is 2.30. The van der Waals surface area contributed by atoms with E-state index in [1.807, 2.05) is 19.1 Å². The van der Waals surface area contributed by atoms with Crippen LogP contribution in [0.5, 0.6) is 0 Å². The van der Waals surface area contributed by atoms with Crippen molar-refractivity contribution in [3.8, 4) is 0 Å². The van der Waals surface area contributed by atoms with Crippen molar-refractivity contribution in [1.82, 2.24) is 9.97 Å². The summed E-state index contributed by atoms with van der Waals surface area (Å²) in [6, 6.07) is 7.11. The number of allylic oxidation sites excluding steroid dienone is 3. The molecule has 0 aliphatic carbocycles. The lowest BCUT2D eigenvalue weighted by molar-refractivity contribution is -0.137. The van der Waals surface area contributed by atoms with E-state index in [9.17, 15) is 18.0 Å². The van der Waals surface area contributed by atoms with Crippen molar-refractivity contribution in [3.63, 3.8) is 0 Å². The van der Waals surface area contributed by atoms with Crippen molar-refractivity contribution < 1.29 is 18.0 Å². The first kappa shape index (κ1) is 20.8. The van der Waals surface area contributed by atoms with Gasteiger partial charge >= 0.3 is 12.2 Å². The van der Waals surface area contributed by atoms with Crippen LogP contribution in [0.15, 0.2) is 65.8 Å². The summed E-state index contributed by atoms with van der Waals surface area (Å²) >= 11 is 0. The average Bonchev–Trinajstić information content (AvgIpc) is 3.10. The quantitative estimate of drug-likeness (QED) is 0.363. The standard InChI is InChI=1S/C21H18F3N5O/c1-3-4-5-16(25-2)17-11-10-15-18(12-26-19(15)28-17)29-20(30)27-14-8-6-13(7-9-14)21(22,23)24/h3-12H,2H2,1H3,(H,26,28)(H2,27,29,30)/b4-3-,16-5-. The molecule has 30 heavy (non-hydrogen) atoms. The molecule has 0 bridgehead atoms. The fraction of sp³-hybridized carbons (Fsp3) is 0.0952. The van der Waals surface area contributed by atoms with Gasteiger partial charge in [-0.15, -0.1) is 0 Å². The molecule has 154 valence electrons. The number of aromatic nitrogens is 2. The summed E-state index contributed by atoms with van der Waals surface area (Å²) in [7, 11) is 0. The Kier molecular flexibility index (Phi) is 6.01. The van der Waals surface area contributed by atoms with Gasteiger partial charge in [-0.3, -0.25) is 4.99 Å². The molecule has 3 rings (SSSR count). The lowest BCUT2D eigenvalue weighted by atomic mass is 10.2. The number of fused-ring (bicyclic) bond motifs is 1. The highest BCUT2D eigenvalue weighted by atomic mass is 19.4. The number of nitrogens with one attached hydrogen (secondary N) is 3. The van der Waals surface area contributed by atoms with E-state index < -0.39 is 17.8 Å². The van der Waals surface area contributed by atoms with Crippen LogP contribution in [0.1, 0.15) is 18.2 Å². The van der Waals surface area contributed by atoms with E-state index >= 15 is 0 Å². The van der Waals surface area contributed by atoms with Gasteiger partial charge in [0, 0.05) is 17.3 Å². The molecule has 0 aliphatic rings. The zero-order chi connectivity index (χ0) is 21.7. The Morgan fingerprint density at radius 2 is 1.90 bits per heavy atom. The topological polar surface area (TPSA) is 82.2 Å². The fourth-order valence-electron chi connectivity index (χ4n) is 2.68. The van der Waals surface area contributed by atoms with Crippen molar-refractivity contribution in [1.29, 1.82) is 0 Å². The minimum Gasteiger partial charge on any atom is -0.344 e. The Bertz CT molecular complexity index is 1130. The maximum atomic E-state index is 12.6. The first-order chi connectivity index (χ1) is 14.3. The minimum absolute atomic E-state index is 0.233. The summed E-state index contributed by atoms with van der Waals surface area (Å²) in [5.74, 6) is 0. The summed E-state index contributed by atoms with van der Waals surface area (Å²) in [5.41, 5.74) is 1.66. The van der Waals surface area contributed by atoms with Gasteiger partial charge in [-0.25, -0.2) is 9.78 Å². The van der Waals surface area contributed by atoms with Crippen LogP contribution in [0.4, 0.5) is 29.3 Å². The van der Waals surface area contributed by atoms with E-state index in [4.69, 9.17) is 0 Å². The second-order valence-corrected chi connectivity index (χ2v) is 6.19. The van der Waals surface area contributed by atoms with Gasteiger partial charge in [-0.1, -0.05) is 12.2 Å². The summed E-state index contributed by atoms with van der Waals surface area (Å²) in [4.78, 5) is 23.6. The molecule has 0 saturated heterocycles. The van der Waals surface area contributed by atoms with Crippen LogP contribution in [0.25, 0.3) is 16.7 Å². The Hall–Kier alpha value is -3.88. The molecular formula is C21H18F3N5O. The third kappa shape index (κ3) is 4.75. The van der Waals surface area contributed by atoms with E-state index in [0.717, 1.165) is 12.1 Å². The maximum absolute atomic E-state index is 12.6. The molecule has 3 N–H and O–H groups in total. The first-order valence-corrected chi connectivity index (χ1v) is 8.85. The largest absolute Gasteiger partial charge is 0.416 e. The zero-order valence-electron chi connectivity index (χ0n) is 15.9. The third-order valence-electron chi connectivity index (χ3n) is 4.14. The average molecular weight is 413 g/mol. The molecule has 6 nitrogen and oxygen atoms in total. The van der Waals surface area contributed by atoms with E-state index in [0.29, 0.717) is 28.1 Å². The number of aromatic amines is 1. The predicted molar refractivity (Wildman–Crippen MR) is 113 cm³/mol. The number of hydrogen-bond acceptors (Lipinski definition) is 3. The number of aliphatic imine (C=N–C) groups is 1. The molecule has 0 spiro atoms.